The van der Waals surface area contributed by atoms with Crippen LogP contribution in [0.3, 0.4) is 0 Å². The minimum absolute atomic E-state index is 0.0280. The molecule has 0 aliphatic heterocycles. The Morgan fingerprint density at radius 1 is 1.30 bits per heavy atom. The van der Waals surface area contributed by atoms with Crippen molar-refractivity contribution in [3.8, 4) is 5.75 Å². The molecule has 106 valence electrons. The summed E-state index contributed by atoms with van der Waals surface area (Å²) in [5, 5.41) is 7.05. The second kappa shape index (κ2) is 6.23. The summed E-state index contributed by atoms with van der Waals surface area (Å²) in [6.45, 7) is 4.73. The van der Waals surface area contributed by atoms with Gasteiger partial charge < -0.3 is 15.4 Å². The highest BCUT2D eigenvalue weighted by Gasteiger charge is 2.04. The number of hydrogen-bond donors (Lipinski definition) is 2. The number of aryl methyl sites for hydroxylation is 1. The van der Waals surface area contributed by atoms with E-state index < -0.39 is 0 Å². The van der Waals surface area contributed by atoms with Gasteiger partial charge >= 0.3 is 0 Å². The molecule has 0 saturated carbocycles. The number of ether oxygens (including phenoxy) is 1. The van der Waals surface area contributed by atoms with Crippen molar-refractivity contribution >= 4 is 22.6 Å². The Morgan fingerprint density at radius 3 is 2.80 bits per heavy atom. The van der Waals surface area contributed by atoms with Gasteiger partial charge in [0.25, 0.3) is 0 Å². The molecule has 1 aromatic carbocycles. The van der Waals surface area contributed by atoms with Crippen molar-refractivity contribution in [3.05, 3.63) is 29.8 Å². The molecule has 2 rings (SSSR count). The van der Waals surface area contributed by atoms with Gasteiger partial charge in [0.05, 0.1) is 12.6 Å². The number of amides is 1. The van der Waals surface area contributed by atoms with Gasteiger partial charge in [-0.15, -0.1) is 0 Å². The zero-order valence-electron chi connectivity index (χ0n) is 12.0. The molecule has 0 aliphatic rings. The topological polar surface area (TPSA) is 63.2 Å². The summed E-state index contributed by atoms with van der Waals surface area (Å²) in [5.74, 6) is 1.59. The van der Waals surface area contributed by atoms with Crippen molar-refractivity contribution < 1.29 is 9.53 Å². The molecule has 0 radical (unpaired) electrons. The molecule has 0 bridgehead atoms. The van der Waals surface area contributed by atoms with E-state index in [2.05, 4.69) is 21.7 Å². The molecule has 1 amide bonds. The second-order valence-corrected chi connectivity index (χ2v) is 4.62. The summed E-state index contributed by atoms with van der Waals surface area (Å²) in [4.78, 5) is 15.4. The van der Waals surface area contributed by atoms with Crippen LogP contribution in [-0.4, -0.2) is 31.1 Å². The van der Waals surface area contributed by atoms with Crippen molar-refractivity contribution in [3.63, 3.8) is 0 Å². The smallest absolute Gasteiger partial charge is 0.216 e. The third-order valence-corrected chi connectivity index (χ3v) is 3.01. The summed E-state index contributed by atoms with van der Waals surface area (Å²) in [6, 6.07) is 7.92. The molecule has 5 heteroatoms. The quantitative estimate of drug-likeness (QED) is 0.819. The van der Waals surface area contributed by atoms with E-state index in [9.17, 15) is 4.79 Å². The molecular weight excluding hydrogens is 254 g/mol. The van der Waals surface area contributed by atoms with Crippen LogP contribution in [0, 0.1) is 6.92 Å². The number of methoxy groups -OCH3 is 1. The minimum Gasteiger partial charge on any atom is -0.497 e. The highest BCUT2D eigenvalue weighted by Crippen LogP contribution is 2.23. The number of aromatic nitrogens is 1. The van der Waals surface area contributed by atoms with Gasteiger partial charge in [0.2, 0.25) is 5.91 Å². The lowest BCUT2D eigenvalue weighted by molar-refractivity contribution is -0.118. The van der Waals surface area contributed by atoms with Gasteiger partial charge in [-0.1, -0.05) is 0 Å². The molecule has 0 aliphatic carbocycles. The van der Waals surface area contributed by atoms with Gasteiger partial charge in [0.15, 0.2) is 0 Å². The van der Waals surface area contributed by atoms with Crippen molar-refractivity contribution in [1.82, 2.24) is 10.3 Å². The molecule has 2 aromatic rings. The zero-order valence-corrected chi connectivity index (χ0v) is 12.0. The number of anilines is 1. The van der Waals surface area contributed by atoms with Crippen molar-refractivity contribution in [2.75, 3.05) is 25.5 Å². The Bertz CT molecular complexity index is 626. The lowest BCUT2D eigenvalue weighted by atomic mass is 10.1. The summed E-state index contributed by atoms with van der Waals surface area (Å²) in [5.41, 5.74) is 1.96. The second-order valence-electron chi connectivity index (χ2n) is 4.62. The molecule has 0 atom stereocenters. The Morgan fingerprint density at radius 2 is 2.10 bits per heavy atom. The number of benzene rings is 1. The Balaban J connectivity index is 2.15. The average molecular weight is 273 g/mol. The number of nitrogens with zero attached hydrogens (tertiary/aromatic N) is 1. The first kappa shape index (κ1) is 14.1. The predicted molar refractivity (Wildman–Crippen MR) is 80.2 cm³/mol. The van der Waals surface area contributed by atoms with Gasteiger partial charge in [-0.25, -0.2) is 4.98 Å². The van der Waals surface area contributed by atoms with Gasteiger partial charge in [-0.2, -0.15) is 0 Å². The van der Waals surface area contributed by atoms with E-state index in [1.807, 2.05) is 25.1 Å². The maximum absolute atomic E-state index is 10.8. The van der Waals surface area contributed by atoms with Crippen LogP contribution in [0.4, 0.5) is 5.82 Å². The van der Waals surface area contributed by atoms with Crippen LogP contribution >= 0.6 is 0 Å². The Kier molecular flexibility index (Phi) is 4.40. The number of fused-ring (bicyclic) bond motifs is 1. The third-order valence-electron chi connectivity index (χ3n) is 3.01. The lowest BCUT2D eigenvalue weighted by Gasteiger charge is -2.11. The highest BCUT2D eigenvalue weighted by atomic mass is 16.5. The summed E-state index contributed by atoms with van der Waals surface area (Å²) in [7, 11) is 1.64. The molecule has 20 heavy (non-hydrogen) atoms. The van der Waals surface area contributed by atoms with Crippen molar-refractivity contribution in [2.24, 2.45) is 0 Å². The average Bonchev–Trinajstić information content (AvgIpc) is 2.43. The monoisotopic (exact) mass is 273 g/mol. The molecule has 1 heterocycles. The standard InChI is InChI=1S/C15H19N3O2/c1-10-8-12-4-5-13(20-3)9-14(12)18-15(10)17-7-6-16-11(2)19/h4-5,8-9H,6-7H2,1-3H3,(H,16,19)(H,17,18). The van der Waals surface area contributed by atoms with E-state index in [0.717, 1.165) is 28.0 Å². The molecule has 0 fully saturated rings. The fourth-order valence-electron chi connectivity index (χ4n) is 1.98. The number of rotatable bonds is 5. The van der Waals surface area contributed by atoms with Gasteiger partial charge in [-0.3, -0.25) is 4.79 Å². The largest absolute Gasteiger partial charge is 0.497 e. The van der Waals surface area contributed by atoms with Crippen LogP contribution in [-0.2, 0) is 4.79 Å². The van der Waals surface area contributed by atoms with Crippen LogP contribution in [0.2, 0.25) is 0 Å². The van der Waals surface area contributed by atoms with Gasteiger partial charge in [-0.05, 0) is 30.7 Å². The normalized spacial score (nSPS) is 10.3. The van der Waals surface area contributed by atoms with E-state index in [4.69, 9.17) is 4.74 Å². The van der Waals surface area contributed by atoms with Crippen LogP contribution in [0.1, 0.15) is 12.5 Å². The summed E-state index contributed by atoms with van der Waals surface area (Å²) in [6.07, 6.45) is 0. The molecule has 0 unspecified atom stereocenters. The Labute approximate surface area is 118 Å². The molecule has 5 nitrogen and oxygen atoms in total. The number of carbonyl (C=O) groups excluding carboxylic acids is 1. The number of pyridine rings is 1. The van der Waals surface area contributed by atoms with E-state index in [-0.39, 0.29) is 5.91 Å². The molecular formula is C15H19N3O2. The first-order valence-corrected chi connectivity index (χ1v) is 6.54. The van der Waals surface area contributed by atoms with E-state index in [1.54, 1.807) is 7.11 Å². The summed E-state index contributed by atoms with van der Waals surface area (Å²) >= 11 is 0. The minimum atomic E-state index is -0.0280. The van der Waals surface area contributed by atoms with E-state index >= 15 is 0 Å². The molecule has 0 spiro atoms. The van der Waals surface area contributed by atoms with Gasteiger partial charge in [0.1, 0.15) is 11.6 Å². The first-order chi connectivity index (χ1) is 9.60. The van der Waals surface area contributed by atoms with Crippen LogP contribution in [0.25, 0.3) is 10.9 Å². The molecule has 2 N–H and O–H groups in total. The predicted octanol–water partition coefficient (Wildman–Crippen LogP) is 2.10. The van der Waals surface area contributed by atoms with Crippen molar-refractivity contribution in [1.29, 1.82) is 0 Å². The summed E-state index contributed by atoms with van der Waals surface area (Å²) < 4.78 is 5.21. The van der Waals surface area contributed by atoms with Crippen molar-refractivity contribution in [2.45, 2.75) is 13.8 Å². The molecule has 0 saturated heterocycles. The number of nitrogens with one attached hydrogen (secondary N) is 2. The fraction of sp³-hybridized carbons (Fsp3) is 0.333. The van der Waals surface area contributed by atoms with E-state index in [0.29, 0.717) is 13.1 Å². The first-order valence-electron chi connectivity index (χ1n) is 6.54. The highest BCUT2D eigenvalue weighted by molar-refractivity contribution is 5.83. The number of carbonyl (C=O) groups is 1. The van der Waals surface area contributed by atoms with Crippen LogP contribution in [0.15, 0.2) is 24.3 Å². The lowest BCUT2D eigenvalue weighted by Crippen LogP contribution is -2.26. The molecule has 1 aromatic heterocycles. The third kappa shape index (κ3) is 3.38. The van der Waals surface area contributed by atoms with Crippen LogP contribution < -0.4 is 15.4 Å². The fourth-order valence-corrected chi connectivity index (χ4v) is 1.98. The van der Waals surface area contributed by atoms with Crippen LogP contribution in [0.5, 0.6) is 5.75 Å². The number of hydrogen-bond acceptors (Lipinski definition) is 4. The van der Waals surface area contributed by atoms with Gasteiger partial charge in [0, 0.05) is 31.5 Å². The SMILES string of the molecule is COc1ccc2cc(C)c(NCCNC(C)=O)nc2c1. The Hall–Kier alpha value is -2.30. The maximum atomic E-state index is 10.8. The zero-order chi connectivity index (χ0) is 14.5. The van der Waals surface area contributed by atoms with E-state index in [1.165, 1.54) is 6.92 Å². The maximum Gasteiger partial charge on any atom is 0.216 e.